The first-order valence-corrected chi connectivity index (χ1v) is 7.78. The molecule has 1 fully saturated rings. The van der Waals surface area contributed by atoms with Gasteiger partial charge in [-0.3, -0.25) is 0 Å². The predicted octanol–water partition coefficient (Wildman–Crippen LogP) is 3.28. The second kappa shape index (κ2) is 6.58. The van der Waals surface area contributed by atoms with E-state index in [4.69, 9.17) is 4.74 Å². The molecule has 0 radical (unpaired) electrons. The summed E-state index contributed by atoms with van der Waals surface area (Å²) >= 11 is 0. The third-order valence-corrected chi connectivity index (χ3v) is 4.37. The predicted molar refractivity (Wildman–Crippen MR) is 83.2 cm³/mol. The topological polar surface area (TPSA) is 26.2 Å². The van der Waals surface area contributed by atoms with Gasteiger partial charge in [0.1, 0.15) is 5.82 Å². The smallest absolute Gasteiger partial charge is 0.132 e. The van der Waals surface area contributed by atoms with Gasteiger partial charge in [0.05, 0.1) is 5.52 Å². The van der Waals surface area contributed by atoms with Crippen molar-refractivity contribution >= 4 is 10.9 Å². The highest BCUT2D eigenvalue weighted by molar-refractivity contribution is 5.82. The summed E-state index contributed by atoms with van der Waals surface area (Å²) in [6.07, 6.45) is 3.31. The van der Waals surface area contributed by atoms with E-state index in [1.807, 2.05) is 6.07 Å². The fourth-order valence-corrected chi connectivity index (χ4v) is 3.33. The van der Waals surface area contributed by atoms with Crippen LogP contribution in [0, 0.1) is 5.82 Å². The number of hydrogen-bond acceptors (Lipinski definition) is 2. The number of halogens is 1. The molecule has 0 saturated carbocycles. The number of ether oxygens (including phenoxy) is 1. The fraction of sp³-hybridized carbons (Fsp3) is 0.529. The summed E-state index contributed by atoms with van der Waals surface area (Å²) in [4.78, 5) is 0. The molecule has 3 rings (SSSR count). The minimum atomic E-state index is -0.122. The highest BCUT2D eigenvalue weighted by atomic mass is 19.1. The Bertz CT molecular complexity index is 602. The van der Waals surface area contributed by atoms with Crippen LogP contribution in [0.25, 0.3) is 10.9 Å². The molecule has 114 valence electrons. The Hall–Kier alpha value is -1.39. The van der Waals surface area contributed by atoms with Crippen molar-refractivity contribution in [2.45, 2.75) is 31.7 Å². The Morgan fingerprint density at radius 3 is 3.10 bits per heavy atom. The van der Waals surface area contributed by atoms with Gasteiger partial charge >= 0.3 is 0 Å². The van der Waals surface area contributed by atoms with Crippen LogP contribution in [0.3, 0.4) is 0 Å². The van der Waals surface area contributed by atoms with Gasteiger partial charge in [-0.2, -0.15) is 0 Å². The van der Waals surface area contributed by atoms with Crippen molar-refractivity contribution in [3.05, 3.63) is 35.8 Å². The lowest BCUT2D eigenvalue weighted by atomic mass is 9.96. The zero-order valence-corrected chi connectivity index (χ0v) is 12.6. The number of hydrogen-bond donors (Lipinski definition) is 1. The number of benzene rings is 1. The molecule has 2 aromatic rings. The van der Waals surface area contributed by atoms with Gasteiger partial charge in [-0.15, -0.1) is 0 Å². The molecule has 0 spiro atoms. The summed E-state index contributed by atoms with van der Waals surface area (Å²) in [6, 6.07) is 7.41. The molecule has 0 aliphatic carbocycles. The first-order chi connectivity index (χ1) is 10.3. The van der Waals surface area contributed by atoms with E-state index < -0.39 is 0 Å². The Morgan fingerprint density at radius 2 is 2.33 bits per heavy atom. The summed E-state index contributed by atoms with van der Waals surface area (Å²) in [5, 5.41) is 4.20. The van der Waals surface area contributed by atoms with E-state index >= 15 is 0 Å². The van der Waals surface area contributed by atoms with Gasteiger partial charge in [0.15, 0.2) is 0 Å². The largest absolute Gasteiger partial charge is 0.385 e. The van der Waals surface area contributed by atoms with Crippen molar-refractivity contribution in [2.75, 3.05) is 26.8 Å². The third-order valence-electron chi connectivity index (χ3n) is 4.37. The summed E-state index contributed by atoms with van der Waals surface area (Å²) in [7, 11) is 1.72. The molecule has 1 unspecified atom stereocenters. The van der Waals surface area contributed by atoms with Gasteiger partial charge in [0.25, 0.3) is 0 Å². The number of nitrogens with zero attached hydrogens (tertiary/aromatic N) is 1. The average molecular weight is 290 g/mol. The van der Waals surface area contributed by atoms with Crippen LogP contribution < -0.4 is 5.32 Å². The molecule has 0 bridgehead atoms. The van der Waals surface area contributed by atoms with Crippen molar-refractivity contribution in [2.24, 2.45) is 0 Å². The monoisotopic (exact) mass is 290 g/mol. The van der Waals surface area contributed by atoms with Crippen molar-refractivity contribution in [1.82, 2.24) is 9.88 Å². The number of fused-ring (bicyclic) bond motifs is 1. The molecular weight excluding hydrogens is 267 g/mol. The van der Waals surface area contributed by atoms with Crippen molar-refractivity contribution < 1.29 is 9.13 Å². The second-order valence-corrected chi connectivity index (χ2v) is 5.78. The minimum absolute atomic E-state index is 0.122. The molecule has 1 aliphatic rings. The number of aryl methyl sites for hydroxylation is 1. The number of piperidine rings is 1. The zero-order chi connectivity index (χ0) is 14.7. The fourth-order valence-electron chi connectivity index (χ4n) is 3.33. The number of nitrogens with one attached hydrogen (secondary N) is 1. The van der Waals surface area contributed by atoms with E-state index in [9.17, 15) is 4.39 Å². The zero-order valence-electron chi connectivity index (χ0n) is 12.6. The third kappa shape index (κ3) is 2.97. The molecule has 1 saturated heterocycles. The highest BCUT2D eigenvalue weighted by Crippen LogP contribution is 2.31. The van der Waals surface area contributed by atoms with Crippen LogP contribution in [0.15, 0.2) is 24.3 Å². The van der Waals surface area contributed by atoms with Gasteiger partial charge in [-0.25, -0.2) is 4.39 Å². The molecule has 1 aromatic heterocycles. The van der Waals surface area contributed by atoms with Crippen LogP contribution in [0.1, 0.15) is 30.9 Å². The minimum Gasteiger partial charge on any atom is -0.385 e. The van der Waals surface area contributed by atoms with Gasteiger partial charge in [-0.05, 0) is 44.0 Å². The lowest BCUT2D eigenvalue weighted by Gasteiger charge is -2.24. The average Bonchev–Trinajstić information content (AvgIpc) is 2.89. The first-order valence-electron chi connectivity index (χ1n) is 7.78. The normalized spacial score (nSPS) is 19.2. The maximum atomic E-state index is 14.1. The van der Waals surface area contributed by atoms with Gasteiger partial charge < -0.3 is 14.6 Å². The van der Waals surface area contributed by atoms with Crippen LogP contribution in [-0.4, -0.2) is 31.4 Å². The van der Waals surface area contributed by atoms with Crippen molar-refractivity contribution in [3.63, 3.8) is 0 Å². The Morgan fingerprint density at radius 1 is 1.43 bits per heavy atom. The van der Waals surface area contributed by atoms with E-state index in [-0.39, 0.29) is 5.82 Å². The maximum Gasteiger partial charge on any atom is 0.132 e. The van der Waals surface area contributed by atoms with Gasteiger partial charge in [0.2, 0.25) is 0 Å². The van der Waals surface area contributed by atoms with E-state index in [1.54, 1.807) is 19.2 Å². The molecule has 1 aliphatic heterocycles. The molecule has 21 heavy (non-hydrogen) atoms. The molecule has 3 nitrogen and oxygen atoms in total. The van der Waals surface area contributed by atoms with E-state index in [0.29, 0.717) is 5.92 Å². The van der Waals surface area contributed by atoms with E-state index in [1.165, 1.54) is 18.5 Å². The maximum absolute atomic E-state index is 14.1. The van der Waals surface area contributed by atoms with Gasteiger partial charge in [-0.1, -0.05) is 6.07 Å². The summed E-state index contributed by atoms with van der Waals surface area (Å²) < 4.78 is 21.5. The van der Waals surface area contributed by atoms with Gasteiger partial charge in [0, 0.05) is 43.8 Å². The van der Waals surface area contributed by atoms with Crippen LogP contribution in [0.4, 0.5) is 4.39 Å². The lowest BCUT2D eigenvalue weighted by Crippen LogP contribution is -2.29. The van der Waals surface area contributed by atoms with E-state index in [0.717, 1.165) is 43.6 Å². The molecule has 2 heterocycles. The SMILES string of the molecule is COCCCn1c(C2CCCNC2)cc2c(F)cccc21. The van der Waals surface area contributed by atoms with Crippen molar-refractivity contribution in [1.29, 1.82) is 0 Å². The Labute approximate surface area is 125 Å². The summed E-state index contributed by atoms with van der Waals surface area (Å²) in [6.45, 7) is 3.70. The van der Waals surface area contributed by atoms with Crippen LogP contribution in [0.2, 0.25) is 0 Å². The number of methoxy groups -OCH3 is 1. The Balaban J connectivity index is 1.99. The highest BCUT2D eigenvalue weighted by Gasteiger charge is 2.21. The summed E-state index contributed by atoms with van der Waals surface area (Å²) in [5.74, 6) is 0.358. The standard InChI is InChI=1S/C17H23FN2O/c1-21-10-4-9-20-16-7-2-6-15(18)14(16)11-17(20)13-5-3-8-19-12-13/h2,6-7,11,13,19H,3-5,8-10,12H2,1H3. The van der Waals surface area contributed by atoms with Crippen molar-refractivity contribution in [3.8, 4) is 0 Å². The van der Waals surface area contributed by atoms with Crippen LogP contribution >= 0.6 is 0 Å². The lowest BCUT2D eigenvalue weighted by molar-refractivity contribution is 0.190. The first kappa shape index (κ1) is 14.5. The van der Waals surface area contributed by atoms with E-state index in [2.05, 4.69) is 16.0 Å². The number of rotatable bonds is 5. The molecule has 1 aromatic carbocycles. The van der Waals surface area contributed by atoms with Crippen LogP contribution in [0.5, 0.6) is 0 Å². The quantitative estimate of drug-likeness (QED) is 0.855. The molecule has 1 atom stereocenters. The summed E-state index contributed by atoms with van der Waals surface area (Å²) in [5.41, 5.74) is 2.27. The molecule has 0 amide bonds. The molecular formula is C17H23FN2O. The second-order valence-electron chi connectivity index (χ2n) is 5.78. The van der Waals surface area contributed by atoms with Crippen LogP contribution in [-0.2, 0) is 11.3 Å². The Kier molecular flexibility index (Phi) is 4.56. The molecule has 1 N–H and O–H groups in total. The molecule has 4 heteroatoms. The number of aromatic nitrogens is 1.